The van der Waals surface area contributed by atoms with Crippen LogP contribution in [-0.4, -0.2) is 61.2 Å². The van der Waals surface area contributed by atoms with Crippen molar-refractivity contribution in [1.82, 2.24) is 9.97 Å². The van der Waals surface area contributed by atoms with E-state index in [0.29, 0.717) is 44.3 Å². The van der Waals surface area contributed by atoms with Gasteiger partial charge in [-0.1, -0.05) is 59.1 Å². The van der Waals surface area contributed by atoms with E-state index in [1.54, 1.807) is 19.9 Å². The standard InChI is InChI=1S/C34H34N4O10.Fe/c1-15-17(5-7-27(39)40)21-10-22-18(6-8-28(41)42)16(2)20(36-22)11-25-33(3,13-29(43)44)32(48)24(38-25)12-26-34(4,14-30(45)46)31(47)23(37-26)9-19(15)35-21;/h9-12,26,47H,5-8,13-14H2,1-4H3,(H,39,40)(H,41,42)(H,43,44)(H,45,46);/q-4;+4/b19-9-,21-10+,24-12-,25-11-;/t26?,33-,34-;/m1./s1. The van der Waals surface area contributed by atoms with Gasteiger partial charge in [0.2, 0.25) is 0 Å². The molecular weight excluding hydrogens is 680 g/mol. The third kappa shape index (κ3) is 6.81. The molecule has 5 heterocycles. The zero-order valence-electron chi connectivity index (χ0n) is 27.0. The van der Waals surface area contributed by atoms with Gasteiger partial charge in [0, 0.05) is 23.7 Å². The second-order valence-electron chi connectivity index (χ2n) is 12.8. The number of aliphatic hydroxyl groups is 1. The van der Waals surface area contributed by atoms with E-state index in [1.165, 1.54) is 32.1 Å². The first kappa shape index (κ1) is 36.8. The van der Waals surface area contributed by atoms with Crippen LogP contribution in [0.4, 0.5) is 0 Å². The molecule has 3 aliphatic rings. The Kier molecular flexibility index (Phi) is 10.1. The van der Waals surface area contributed by atoms with E-state index in [-0.39, 0.29) is 65.6 Å². The maximum Gasteiger partial charge on any atom is 4.00 e. The molecule has 5 N–H and O–H groups in total. The smallest absolute Gasteiger partial charge is 0.675 e. The summed E-state index contributed by atoms with van der Waals surface area (Å²) < 4.78 is 0. The average molecular weight is 715 g/mol. The molecular formula is C34H34FeN4O10. The number of fused-ring (bicyclic) bond motifs is 8. The van der Waals surface area contributed by atoms with E-state index in [0.717, 1.165) is 0 Å². The molecule has 3 aliphatic heterocycles. The number of aromatic nitrogens is 2. The minimum Gasteiger partial charge on any atom is -0.675 e. The van der Waals surface area contributed by atoms with Gasteiger partial charge in [0.25, 0.3) is 0 Å². The second kappa shape index (κ2) is 13.5. The van der Waals surface area contributed by atoms with Crippen molar-refractivity contribution in [3.8, 4) is 0 Å². The molecule has 5 rings (SSSR count). The Morgan fingerprint density at radius 1 is 0.776 bits per heavy atom. The van der Waals surface area contributed by atoms with Crippen LogP contribution in [0.15, 0.2) is 28.9 Å². The van der Waals surface area contributed by atoms with E-state index >= 15 is 0 Å². The van der Waals surface area contributed by atoms with Gasteiger partial charge in [0.1, 0.15) is 5.78 Å². The van der Waals surface area contributed by atoms with Crippen LogP contribution in [0.25, 0.3) is 28.9 Å². The third-order valence-electron chi connectivity index (χ3n) is 9.37. The van der Waals surface area contributed by atoms with Gasteiger partial charge in [0.05, 0.1) is 18.6 Å². The molecule has 1 saturated heterocycles. The number of allylic oxidation sites excluding steroid dienone is 3. The van der Waals surface area contributed by atoms with Gasteiger partial charge in [0.15, 0.2) is 0 Å². The molecule has 2 aromatic rings. The van der Waals surface area contributed by atoms with Crippen LogP contribution in [-0.2, 0) is 53.9 Å². The van der Waals surface area contributed by atoms with E-state index in [4.69, 9.17) is 9.97 Å². The van der Waals surface area contributed by atoms with Crippen LogP contribution in [0.3, 0.4) is 0 Å². The fraction of sp³-hybridized carbons (Fsp3) is 0.382. The third-order valence-corrected chi connectivity index (χ3v) is 9.37. The zero-order valence-corrected chi connectivity index (χ0v) is 28.2. The van der Waals surface area contributed by atoms with E-state index in [9.17, 15) is 49.5 Å². The van der Waals surface area contributed by atoms with Crippen LogP contribution in [0.1, 0.15) is 73.2 Å². The molecule has 0 aromatic carbocycles. The summed E-state index contributed by atoms with van der Waals surface area (Å²) in [5, 5.41) is 59.7. The number of ketones is 1. The van der Waals surface area contributed by atoms with Gasteiger partial charge < -0.3 is 46.1 Å². The Morgan fingerprint density at radius 3 is 1.98 bits per heavy atom. The van der Waals surface area contributed by atoms with Crippen LogP contribution < -0.4 is 20.7 Å². The molecule has 8 bridgehead atoms. The molecule has 0 saturated carbocycles. The topological polar surface area (TPSA) is 243 Å². The first-order chi connectivity index (χ1) is 22.4. The summed E-state index contributed by atoms with van der Waals surface area (Å²) in [7, 11) is 0. The minimum absolute atomic E-state index is 0. The minimum atomic E-state index is -1.64. The number of aliphatic hydroxyl groups excluding tert-OH is 1. The van der Waals surface area contributed by atoms with Crippen molar-refractivity contribution in [1.29, 1.82) is 0 Å². The van der Waals surface area contributed by atoms with Gasteiger partial charge in [-0.3, -0.25) is 24.0 Å². The van der Waals surface area contributed by atoms with Crippen molar-refractivity contribution >= 4 is 47.9 Å². The molecule has 1 fully saturated rings. The number of Topliss-reactive ketones (excluding diaryl/α,β-unsaturated/α-hetero) is 1. The number of aliphatic carboxylic acids is 4. The fourth-order valence-corrected chi connectivity index (χ4v) is 6.50. The summed E-state index contributed by atoms with van der Waals surface area (Å²) in [5.74, 6) is -5.56. The van der Waals surface area contributed by atoms with Crippen molar-refractivity contribution in [2.45, 2.75) is 72.3 Å². The molecule has 15 heteroatoms. The summed E-state index contributed by atoms with van der Waals surface area (Å²) in [6.45, 7) is 6.38. The Hall–Kier alpha value is -5.01. The average Bonchev–Trinajstić information content (AvgIpc) is 3.58. The number of carboxylic acids is 4. The van der Waals surface area contributed by atoms with Gasteiger partial charge in [-0.2, -0.15) is 0 Å². The predicted molar refractivity (Wildman–Crippen MR) is 170 cm³/mol. The number of hydrogen-bond donors (Lipinski definition) is 5. The van der Waals surface area contributed by atoms with Gasteiger partial charge >= 0.3 is 40.9 Å². The molecule has 2 aromatic heterocycles. The first-order valence-electron chi connectivity index (χ1n) is 15.2. The van der Waals surface area contributed by atoms with Crippen LogP contribution in [0.5, 0.6) is 0 Å². The van der Waals surface area contributed by atoms with Crippen LogP contribution in [0.2, 0.25) is 0 Å². The van der Waals surface area contributed by atoms with Crippen molar-refractivity contribution in [2.75, 3.05) is 0 Å². The molecule has 3 atom stereocenters. The number of carbonyl (C=O) groups is 5. The van der Waals surface area contributed by atoms with Gasteiger partial charge in [-0.25, -0.2) is 0 Å². The summed E-state index contributed by atoms with van der Waals surface area (Å²) in [5.41, 5.74) is -0.213. The molecule has 0 amide bonds. The summed E-state index contributed by atoms with van der Waals surface area (Å²) in [4.78, 5) is 70.5. The fourth-order valence-electron chi connectivity index (χ4n) is 6.50. The quantitative estimate of drug-likeness (QED) is 0.223. The molecule has 0 radical (unpaired) electrons. The maximum absolute atomic E-state index is 13.9. The number of rotatable bonds is 10. The van der Waals surface area contributed by atoms with Gasteiger partial charge in [-0.05, 0) is 33.6 Å². The monoisotopic (exact) mass is 714 g/mol. The maximum atomic E-state index is 13.9. The Bertz CT molecular complexity index is 2000. The van der Waals surface area contributed by atoms with E-state index in [2.05, 4.69) is 10.6 Å². The van der Waals surface area contributed by atoms with Crippen LogP contribution >= 0.6 is 0 Å². The molecule has 258 valence electrons. The SMILES string of the molecule is Cc1c2[n-]c(c1CCC(=O)O)/C=c1/[n-]/c(c(C)c1CCC(=O)O)=C\C1=C(O)[C@](C)(CC(=O)O)C(/C=C3\[N-]/C(=C\2)[C@@](C)(CC(=O)O)C3=O)[N-]1.[Fe+4]. The van der Waals surface area contributed by atoms with Crippen molar-refractivity contribution in [3.63, 3.8) is 0 Å². The van der Waals surface area contributed by atoms with Gasteiger partial charge in [-0.15, -0.1) is 39.6 Å². The summed E-state index contributed by atoms with van der Waals surface area (Å²) in [6, 6.07) is -1.09. The first-order valence-corrected chi connectivity index (χ1v) is 15.2. The Labute approximate surface area is 290 Å². The molecule has 49 heavy (non-hydrogen) atoms. The summed E-state index contributed by atoms with van der Waals surface area (Å²) in [6.07, 6.45) is 4.47. The molecule has 14 nitrogen and oxygen atoms in total. The molecule has 0 spiro atoms. The Morgan fingerprint density at radius 2 is 1.39 bits per heavy atom. The van der Waals surface area contributed by atoms with Crippen LogP contribution in [0, 0.1) is 24.7 Å². The second-order valence-corrected chi connectivity index (χ2v) is 12.8. The van der Waals surface area contributed by atoms with Crippen molar-refractivity contribution < 1.29 is 66.6 Å². The van der Waals surface area contributed by atoms with Crippen molar-refractivity contribution in [3.05, 3.63) is 83.9 Å². The van der Waals surface area contributed by atoms with E-state index < -0.39 is 59.4 Å². The number of carboxylic acid groups (broad SMARTS) is 4. The largest absolute Gasteiger partial charge is 4.00 e. The molecule has 0 aliphatic carbocycles. The number of carbonyl (C=O) groups excluding carboxylic acids is 1. The number of hydrogen-bond acceptors (Lipinski definition) is 6. The van der Waals surface area contributed by atoms with Crippen molar-refractivity contribution in [2.24, 2.45) is 10.8 Å². The predicted octanol–water partition coefficient (Wildman–Crippen LogP) is 2.54. The Balaban J connectivity index is 0.00000541. The normalized spacial score (nSPS) is 26.0. The molecule has 1 unspecified atom stereocenters. The zero-order chi connectivity index (χ0) is 35.3. The summed E-state index contributed by atoms with van der Waals surface area (Å²) >= 11 is 0. The number of nitrogens with zero attached hydrogens (tertiary/aromatic N) is 4. The van der Waals surface area contributed by atoms with E-state index in [1.807, 2.05) is 0 Å².